The maximum atomic E-state index is 5.72. The van der Waals surface area contributed by atoms with Crippen LogP contribution in [0.1, 0.15) is 5.56 Å². The van der Waals surface area contributed by atoms with Crippen LogP contribution in [0.25, 0.3) is 23.1 Å². The lowest BCUT2D eigenvalue weighted by Gasteiger charge is -2.05. The maximum Gasteiger partial charge on any atom is 0.262 e. The Hall–Kier alpha value is -2.96. The Bertz CT molecular complexity index is 767. The van der Waals surface area contributed by atoms with Gasteiger partial charge in [-0.2, -0.15) is 4.98 Å². The number of methoxy groups -OCH3 is 1. The molecule has 0 spiro atoms. The maximum absolute atomic E-state index is 5.72. The molecular weight excluding hydrogens is 270 g/mol. The smallest absolute Gasteiger partial charge is 0.262 e. The van der Waals surface area contributed by atoms with Crippen molar-refractivity contribution in [1.82, 2.24) is 20.1 Å². The van der Waals surface area contributed by atoms with E-state index in [1.807, 2.05) is 6.92 Å². The van der Waals surface area contributed by atoms with Crippen LogP contribution in [0.15, 0.2) is 35.1 Å². The summed E-state index contributed by atoms with van der Waals surface area (Å²) in [5, 5.41) is 3.89. The van der Waals surface area contributed by atoms with Crippen LogP contribution in [0.5, 0.6) is 5.75 Å². The van der Waals surface area contributed by atoms with Crippen LogP contribution in [0, 0.1) is 6.92 Å². The lowest BCUT2D eigenvalue weighted by molar-refractivity contribution is 0.405. The van der Waals surface area contributed by atoms with Crippen molar-refractivity contribution in [1.29, 1.82) is 0 Å². The Labute approximate surface area is 120 Å². The summed E-state index contributed by atoms with van der Waals surface area (Å²) >= 11 is 0. The topological polar surface area (TPSA) is 100.0 Å². The minimum absolute atomic E-state index is 0.323. The number of nitrogens with zero attached hydrogens (tertiary/aromatic N) is 4. The first kappa shape index (κ1) is 13.0. The number of anilines is 1. The molecule has 3 rings (SSSR count). The Morgan fingerprint density at radius 3 is 2.62 bits per heavy atom. The summed E-state index contributed by atoms with van der Waals surface area (Å²) in [4.78, 5) is 12.6. The minimum atomic E-state index is 0.323. The molecule has 0 atom stereocenters. The molecule has 0 amide bonds. The van der Waals surface area contributed by atoms with Gasteiger partial charge in [0.2, 0.25) is 11.6 Å². The molecule has 0 saturated heterocycles. The molecule has 0 unspecified atom stereocenters. The van der Waals surface area contributed by atoms with Crippen LogP contribution in [0.2, 0.25) is 0 Å². The van der Waals surface area contributed by atoms with Gasteiger partial charge >= 0.3 is 0 Å². The van der Waals surface area contributed by atoms with Crippen LogP contribution >= 0.6 is 0 Å². The third-order valence-corrected chi connectivity index (χ3v) is 2.86. The Kier molecular flexibility index (Phi) is 3.23. The number of benzene rings is 1. The fraction of sp³-hybridized carbons (Fsp3) is 0.143. The average Bonchev–Trinajstić information content (AvgIpc) is 2.97. The van der Waals surface area contributed by atoms with E-state index in [-0.39, 0.29) is 0 Å². The Morgan fingerprint density at radius 1 is 1.14 bits per heavy atom. The van der Waals surface area contributed by atoms with Crippen molar-refractivity contribution in [3.8, 4) is 28.9 Å². The van der Waals surface area contributed by atoms with Gasteiger partial charge in [0.15, 0.2) is 0 Å². The number of ether oxygens (including phenoxy) is 1. The van der Waals surface area contributed by atoms with Crippen LogP contribution in [-0.2, 0) is 0 Å². The highest BCUT2D eigenvalue weighted by atomic mass is 16.5. The summed E-state index contributed by atoms with van der Waals surface area (Å²) < 4.78 is 10.5. The average molecular weight is 283 g/mol. The first-order valence-corrected chi connectivity index (χ1v) is 6.24. The van der Waals surface area contributed by atoms with E-state index in [1.165, 1.54) is 0 Å². The highest BCUT2D eigenvalue weighted by molar-refractivity contribution is 5.67. The number of hydrogen-bond acceptors (Lipinski definition) is 7. The van der Waals surface area contributed by atoms with Crippen LogP contribution in [-0.4, -0.2) is 27.2 Å². The van der Waals surface area contributed by atoms with Gasteiger partial charge in [-0.05, 0) is 24.6 Å². The third kappa shape index (κ3) is 2.53. The van der Waals surface area contributed by atoms with Crippen molar-refractivity contribution >= 4 is 5.69 Å². The predicted molar refractivity (Wildman–Crippen MR) is 76.5 cm³/mol. The van der Waals surface area contributed by atoms with Gasteiger partial charge in [0.25, 0.3) is 5.89 Å². The normalized spacial score (nSPS) is 10.6. The predicted octanol–water partition coefficient (Wildman–Crippen LogP) is 2.09. The summed E-state index contributed by atoms with van der Waals surface area (Å²) in [5.74, 6) is 1.62. The second-order valence-electron chi connectivity index (χ2n) is 4.47. The van der Waals surface area contributed by atoms with Gasteiger partial charge in [-0.25, -0.2) is 9.97 Å². The second-order valence-corrected chi connectivity index (χ2v) is 4.47. The number of rotatable bonds is 3. The monoisotopic (exact) mass is 283 g/mol. The fourth-order valence-electron chi connectivity index (χ4n) is 1.82. The van der Waals surface area contributed by atoms with Crippen molar-refractivity contribution in [2.45, 2.75) is 6.92 Å². The molecule has 0 aliphatic carbocycles. The second kappa shape index (κ2) is 5.20. The first-order valence-electron chi connectivity index (χ1n) is 6.24. The van der Waals surface area contributed by atoms with E-state index >= 15 is 0 Å². The number of aromatic nitrogens is 4. The lowest BCUT2D eigenvalue weighted by Crippen LogP contribution is -1.92. The molecule has 3 aromatic rings. The first-order chi connectivity index (χ1) is 10.2. The molecule has 0 fully saturated rings. The molecule has 7 heteroatoms. The summed E-state index contributed by atoms with van der Waals surface area (Å²) in [6.07, 6.45) is 3.39. The van der Waals surface area contributed by atoms with Crippen molar-refractivity contribution in [2.75, 3.05) is 12.8 Å². The summed E-state index contributed by atoms with van der Waals surface area (Å²) in [7, 11) is 1.55. The number of aryl methyl sites for hydroxylation is 1. The molecule has 0 aliphatic heterocycles. The quantitative estimate of drug-likeness (QED) is 0.734. The minimum Gasteiger partial charge on any atom is -0.496 e. The zero-order valence-electron chi connectivity index (χ0n) is 11.6. The lowest BCUT2D eigenvalue weighted by atomic mass is 10.2. The summed E-state index contributed by atoms with van der Waals surface area (Å²) in [6, 6.07) is 5.20. The van der Waals surface area contributed by atoms with Gasteiger partial charge in [-0.1, -0.05) is 5.16 Å². The zero-order chi connectivity index (χ0) is 14.8. The van der Waals surface area contributed by atoms with Crippen molar-refractivity contribution in [2.24, 2.45) is 0 Å². The standard InChI is InChI=1S/C14H13N5O2/c1-8-6-16-12(17-7-8)13-18-14(21-19-13)10-4-3-9(15)5-11(10)20-2/h3-7H,15H2,1-2H3. The Morgan fingerprint density at radius 2 is 1.90 bits per heavy atom. The van der Waals surface area contributed by atoms with Crippen molar-refractivity contribution in [3.63, 3.8) is 0 Å². The van der Waals surface area contributed by atoms with Gasteiger partial charge in [0.1, 0.15) is 5.75 Å². The molecule has 0 radical (unpaired) electrons. The largest absolute Gasteiger partial charge is 0.496 e. The molecule has 0 aliphatic rings. The van der Waals surface area contributed by atoms with E-state index in [9.17, 15) is 0 Å². The molecule has 106 valence electrons. The van der Waals surface area contributed by atoms with Crippen LogP contribution in [0.3, 0.4) is 0 Å². The van der Waals surface area contributed by atoms with E-state index in [1.54, 1.807) is 37.7 Å². The van der Waals surface area contributed by atoms with E-state index < -0.39 is 0 Å². The molecule has 0 bridgehead atoms. The highest BCUT2D eigenvalue weighted by Crippen LogP contribution is 2.31. The molecular formula is C14H13N5O2. The van der Waals surface area contributed by atoms with Crippen LogP contribution < -0.4 is 10.5 Å². The molecule has 7 nitrogen and oxygen atoms in total. The summed E-state index contributed by atoms with van der Waals surface area (Å²) in [6.45, 7) is 1.91. The van der Waals surface area contributed by atoms with Crippen LogP contribution in [0.4, 0.5) is 5.69 Å². The molecule has 2 N–H and O–H groups in total. The van der Waals surface area contributed by atoms with Gasteiger partial charge in [-0.3, -0.25) is 0 Å². The van der Waals surface area contributed by atoms with E-state index in [0.717, 1.165) is 5.56 Å². The fourth-order valence-corrected chi connectivity index (χ4v) is 1.82. The number of nitrogen functional groups attached to an aromatic ring is 1. The summed E-state index contributed by atoms with van der Waals surface area (Å²) in [5.41, 5.74) is 7.94. The Balaban J connectivity index is 2.00. The molecule has 21 heavy (non-hydrogen) atoms. The number of hydrogen-bond donors (Lipinski definition) is 1. The molecule has 1 aromatic carbocycles. The van der Waals surface area contributed by atoms with E-state index in [4.69, 9.17) is 15.0 Å². The van der Waals surface area contributed by atoms with Crippen molar-refractivity contribution < 1.29 is 9.26 Å². The van der Waals surface area contributed by atoms with Gasteiger partial charge in [0, 0.05) is 24.1 Å². The van der Waals surface area contributed by atoms with Gasteiger partial charge in [-0.15, -0.1) is 0 Å². The molecule has 0 saturated carbocycles. The number of nitrogens with two attached hydrogens (primary N) is 1. The van der Waals surface area contributed by atoms with Gasteiger partial charge < -0.3 is 15.0 Å². The van der Waals surface area contributed by atoms with Gasteiger partial charge in [0.05, 0.1) is 12.7 Å². The third-order valence-electron chi connectivity index (χ3n) is 2.86. The highest BCUT2D eigenvalue weighted by Gasteiger charge is 2.16. The molecule has 2 heterocycles. The zero-order valence-corrected chi connectivity index (χ0v) is 11.6. The molecule has 2 aromatic heterocycles. The van der Waals surface area contributed by atoms with E-state index in [2.05, 4.69) is 20.1 Å². The SMILES string of the molecule is COc1cc(N)ccc1-c1nc(-c2ncc(C)cn2)no1. The van der Waals surface area contributed by atoms with Crippen molar-refractivity contribution in [3.05, 3.63) is 36.2 Å². The van der Waals surface area contributed by atoms with E-state index in [0.29, 0.717) is 34.5 Å².